The molecule has 42 heavy (non-hydrogen) atoms. The van der Waals surface area contributed by atoms with Crippen molar-refractivity contribution in [3.8, 4) is 17.9 Å². The van der Waals surface area contributed by atoms with E-state index in [4.69, 9.17) is 4.74 Å². The van der Waals surface area contributed by atoms with Crippen molar-refractivity contribution in [3.63, 3.8) is 0 Å². The molecule has 1 aliphatic rings. The fraction of sp³-hybridized carbons (Fsp3) is 0.105. The maximum atomic E-state index is 10.0. The van der Waals surface area contributed by atoms with Crippen molar-refractivity contribution in [2.75, 3.05) is 12.0 Å². The molecule has 1 atom stereocenters. The van der Waals surface area contributed by atoms with Gasteiger partial charge in [-0.05, 0) is 77.7 Å². The minimum atomic E-state index is 0.165. The Morgan fingerprint density at radius 3 is 2.07 bits per heavy atom. The Balaban J connectivity index is 1.29. The Kier molecular flexibility index (Phi) is 7.29. The van der Waals surface area contributed by atoms with Gasteiger partial charge in [0.15, 0.2) is 0 Å². The Labute approximate surface area is 246 Å². The summed E-state index contributed by atoms with van der Waals surface area (Å²) in [6.45, 7) is 2.00. The number of aryl methyl sites for hydroxylation is 1. The van der Waals surface area contributed by atoms with Crippen LogP contribution >= 0.6 is 0 Å². The van der Waals surface area contributed by atoms with E-state index in [1.807, 2.05) is 49.4 Å². The van der Waals surface area contributed by atoms with Crippen LogP contribution in [0.1, 0.15) is 28.7 Å². The predicted molar refractivity (Wildman–Crippen MR) is 172 cm³/mol. The molecule has 1 unspecified atom stereocenters. The van der Waals surface area contributed by atoms with E-state index >= 15 is 0 Å². The zero-order chi connectivity index (χ0) is 29.1. The van der Waals surface area contributed by atoms with Crippen LogP contribution in [0.15, 0.2) is 121 Å². The number of hydrogen-bond acceptors (Lipinski definition) is 4. The summed E-state index contributed by atoms with van der Waals surface area (Å²) < 4.78 is 5.37. The van der Waals surface area contributed by atoms with Crippen molar-refractivity contribution in [1.82, 2.24) is 0 Å². The first-order chi connectivity index (χ1) is 20.6. The fourth-order valence-corrected chi connectivity index (χ4v) is 5.71. The predicted octanol–water partition coefficient (Wildman–Crippen LogP) is 9.16. The van der Waals surface area contributed by atoms with Crippen LogP contribution in [0.4, 0.5) is 11.4 Å². The molecule has 5 aromatic carbocycles. The molecule has 0 saturated heterocycles. The minimum absolute atomic E-state index is 0.165. The molecule has 0 radical (unpaired) electrons. The van der Waals surface area contributed by atoms with Crippen LogP contribution in [0.3, 0.4) is 0 Å². The molecule has 0 aromatic heterocycles. The number of methoxy groups -OCH3 is 1. The first-order valence-electron chi connectivity index (χ1n) is 13.9. The molecule has 4 heteroatoms. The molecule has 0 N–H and O–H groups in total. The average Bonchev–Trinajstić information content (AvgIpc) is 3.04. The van der Waals surface area contributed by atoms with Gasteiger partial charge in [-0.3, -0.25) is 0 Å². The quantitative estimate of drug-likeness (QED) is 0.200. The summed E-state index contributed by atoms with van der Waals surface area (Å²) >= 11 is 0. The third-order valence-corrected chi connectivity index (χ3v) is 7.81. The Morgan fingerprint density at radius 1 is 0.762 bits per heavy atom. The maximum absolute atomic E-state index is 10.0. The van der Waals surface area contributed by atoms with E-state index in [1.165, 1.54) is 0 Å². The second kappa shape index (κ2) is 11.5. The lowest BCUT2D eigenvalue weighted by atomic mass is 9.90. The molecular weight excluding hydrogens is 514 g/mol. The van der Waals surface area contributed by atoms with Crippen LogP contribution in [0, 0.1) is 29.6 Å². The monoisotopic (exact) mass is 543 g/mol. The Morgan fingerprint density at radius 2 is 1.43 bits per heavy atom. The van der Waals surface area contributed by atoms with E-state index in [0.29, 0.717) is 11.1 Å². The highest BCUT2D eigenvalue weighted by Crippen LogP contribution is 2.35. The molecule has 4 nitrogen and oxygen atoms in total. The van der Waals surface area contributed by atoms with E-state index in [1.54, 1.807) is 7.11 Å². The molecule has 1 aliphatic carbocycles. The molecule has 0 amide bonds. The van der Waals surface area contributed by atoms with Crippen molar-refractivity contribution in [3.05, 3.63) is 143 Å². The van der Waals surface area contributed by atoms with Crippen molar-refractivity contribution >= 4 is 39.0 Å². The first kappa shape index (κ1) is 26.6. The number of para-hydroxylation sites is 1. The van der Waals surface area contributed by atoms with Gasteiger partial charge < -0.3 is 9.64 Å². The molecule has 6 rings (SSSR count). The smallest absolute Gasteiger partial charge is 0.119 e. The lowest BCUT2D eigenvalue weighted by Gasteiger charge is -2.33. The maximum Gasteiger partial charge on any atom is 0.119 e. The van der Waals surface area contributed by atoms with Gasteiger partial charge in [-0.1, -0.05) is 84.5 Å². The highest BCUT2D eigenvalue weighted by molar-refractivity contribution is 6.13. The number of ether oxygens (including phenoxy) is 1. The van der Waals surface area contributed by atoms with Gasteiger partial charge in [0.05, 0.1) is 24.3 Å². The molecule has 0 heterocycles. The number of anilines is 2. The van der Waals surface area contributed by atoms with Crippen LogP contribution in [0.2, 0.25) is 0 Å². The number of hydrogen-bond donors (Lipinski definition) is 0. The van der Waals surface area contributed by atoms with E-state index in [2.05, 4.69) is 95.9 Å². The Hall–Kier alpha value is -5.58. The van der Waals surface area contributed by atoms with Crippen LogP contribution in [-0.4, -0.2) is 13.2 Å². The molecule has 0 fully saturated rings. The fourth-order valence-electron chi connectivity index (χ4n) is 5.71. The molecule has 202 valence electrons. The zero-order valence-electron chi connectivity index (χ0n) is 23.6. The minimum Gasteiger partial charge on any atom is -0.497 e. The van der Waals surface area contributed by atoms with Gasteiger partial charge in [-0.15, -0.1) is 0 Å². The second-order valence-corrected chi connectivity index (χ2v) is 10.4. The highest BCUT2D eigenvalue weighted by atomic mass is 16.5. The number of allylic oxidation sites excluding steroid dienone is 3. The Bertz CT molecular complexity index is 1970. The summed E-state index contributed by atoms with van der Waals surface area (Å²) in [4.78, 5) is 2.35. The number of nitriles is 2. The summed E-state index contributed by atoms with van der Waals surface area (Å²) in [5, 5.41) is 23.6. The van der Waals surface area contributed by atoms with Gasteiger partial charge >= 0.3 is 0 Å². The standard InChI is InChI=1S/C38H29N3O/c1-26-8-20-33-34-21-13-28(23-36(34)38(25-40)37(24-39)35(33)22-26)10-9-27-11-14-30(15-12-27)41(29-6-4-3-5-7-29)31-16-18-32(42-2)19-17-31/h3-14,16-23,30H,15H2,1-2H3. The number of nitrogens with zero attached hydrogens (tertiary/aromatic N) is 3. The van der Waals surface area contributed by atoms with E-state index in [0.717, 1.165) is 61.8 Å². The van der Waals surface area contributed by atoms with Gasteiger partial charge in [-0.2, -0.15) is 10.5 Å². The van der Waals surface area contributed by atoms with Crippen molar-refractivity contribution in [1.29, 1.82) is 10.5 Å². The van der Waals surface area contributed by atoms with Gasteiger partial charge in [0, 0.05) is 22.1 Å². The normalized spacial score (nSPS) is 14.5. The number of fused-ring (bicyclic) bond motifs is 3. The van der Waals surface area contributed by atoms with Crippen LogP contribution in [-0.2, 0) is 0 Å². The zero-order valence-corrected chi connectivity index (χ0v) is 23.6. The largest absolute Gasteiger partial charge is 0.497 e. The van der Waals surface area contributed by atoms with Crippen LogP contribution in [0.5, 0.6) is 5.75 Å². The van der Waals surface area contributed by atoms with Gasteiger partial charge in [0.2, 0.25) is 0 Å². The van der Waals surface area contributed by atoms with Crippen molar-refractivity contribution < 1.29 is 4.74 Å². The van der Waals surface area contributed by atoms with Crippen LogP contribution in [0.25, 0.3) is 27.6 Å². The molecule has 0 bridgehead atoms. The average molecular weight is 544 g/mol. The molecule has 5 aromatic rings. The lowest BCUT2D eigenvalue weighted by molar-refractivity contribution is 0.415. The highest BCUT2D eigenvalue weighted by Gasteiger charge is 2.20. The first-order valence-corrected chi connectivity index (χ1v) is 13.9. The van der Waals surface area contributed by atoms with Crippen molar-refractivity contribution in [2.45, 2.75) is 19.4 Å². The summed E-state index contributed by atoms with van der Waals surface area (Å²) in [6.07, 6.45) is 11.7. The van der Waals surface area contributed by atoms with Crippen molar-refractivity contribution in [2.24, 2.45) is 0 Å². The third-order valence-electron chi connectivity index (χ3n) is 7.81. The summed E-state index contributed by atoms with van der Waals surface area (Å²) in [5.74, 6) is 0.834. The number of benzene rings is 5. The molecule has 0 spiro atoms. The van der Waals surface area contributed by atoms with E-state index < -0.39 is 0 Å². The molecule has 0 aliphatic heterocycles. The third kappa shape index (κ3) is 5.03. The van der Waals surface area contributed by atoms with Gasteiger partial charge in [0.1, 0.15) is 17.9 Å². The lowest BCUT2D eigenvalue weighted by Crippen LogP contribution is -2.30. The topological polar surface area (TPSA) is 60.0 Å². The molecule has 0 saturated carbocycles. The van der Waals surface area contributed by atoms with Gasteiger partial charge in [0.25, 0.3) is 0 Å². The SMILES string of the molecule is COc1ccc(N(c2ccccc2)C2C=CC(C=Cc3ccc4c(c3)c(C#N)c(C#N)c3cc(C)ccc34)=CC2)cc1. The number of rotatable bonds is 6. The summed E-state index contributed by atoms with van der Waals surface area (Å²) in [7, 11) is 1.68. The van der Waals surface area contributed by atoms with E-state index in [-0.39, 0.29) is 6.04 Å². The van der Waals surface area contributed by atoms with E-state index in [9.17, 15) is 10.5 Å². The van der Waals surface area contributed by atoms with Gasteiger partial charge in [-0.25, -0.2) is 0 Å². The van der Waals surface area contributed by atoms with Crippen LogP contribution < -0.4 is 9.64 Å². The second-order valence-electron chi connectivity index (χ2n) is 10.4. The summed E-state index contributed by atoms with van der Waals surface area (Å²) in [6, 6.07) is 35.6. The molecular formula is C38H29N3O. The summed E-state index contributed by atoms with van der Waals surface area (Å²) in [5.41, 5.74) is 6.28.